The van der Waals surface area contributed by atoms with Crippen molar-refractivity contribution in [2.75, 3.05) is 6.54 Å². The monoisotopic (exact) mass is 265 g/mol. The Morgan fingerprint density at radius 1 is 1.11 bits per heavy atom. The van der Waals surface area contributed by atoms with Gasteiger partial charge in [-0.3, -0.25) is 4.58 Å². The van der Waals surface area contributed by atoms with Gasteiger partial charge in [-0.15, -0.1) is 0 Å². The Hall–Kier alpha value is -0.790. The average Bonchev–Trinajstić information content (AvgIpc) is 2.46. The molecule has 0 aliphatic carbocycles. The molecule has 19 heavy (non-hydrogen) atoms. The van der Waals surface area contributed by atoms with Crippen molar-refractivity contribution in [2.45, 2.75) is 84.7 Å². The molecule has 110 valence electrons. The summed E-state index contributed by atoms with van der Waals surface area (Å²) in [4.78, 5) is 2.38. The summed E-state index contributed by atoms with van der Waals surface area (Å²) in [6.45, 7) is 10.3. The van der Waals surface area contributed by atoms with Gasteiger partial charge in [-0.25, -0.2) is 4.90 Å². The van der Waals surface area contributed by atoms with Crippen LogP contribution >= 0.6 is 0 Å². The highest BCUT2D eigenvalue weighted by Gasteiger charge is 2.23. The van der Waals surface area contributed by atoms with Gasteiger partial charge in [-0.1, -0.05) is 40.0 Å². The maximum atomic E-state index is 2.53. The molecule has 2 heteroatoms. The van der Waals surface area contributed by atoms with Gasteiger partial charge in [0.25, 0.3) is 0 Å². The lowest BCUT2D eigenvalue weighted by atomic mass is 10.1. The minimum Gasteiger partial charge on any atom is -0.259 e. The van der Waals surface area contributed by atoms with E-state index in [4.69, 9.17) is 0 Å². The summed E-state index contributed by atoms with van der Waals surface area (Å²) >= 11 is 0. The van der Waals surface area contributed by atoms with Crippen molar-refractivity contribution in [3.05, 3.63) is 12.3 Å². The number of hydrogen-bond donors (Lipinski definition) is 0. The normalized spacial score (nSPS) is 20.5. The molecule has 0 aromatic heterocycles. The molecular formula is C17H33N2+. The van der Waals surface area contributed by atoms with E-state index in [0.717, 1.165) is 0 Å². The molecule has 0 saturated heterocycles. The van der Waals surface area contributed by atoms with Crippen molar-refractivity contribution < 1.29 is 4.58 Å². The van der Waals surface area contributed by atoms with Gasteiger partial charge in [0.1, 0.15) is 6.04 Å². The Balaban J connectivity index is 2.44. The fourth-order valence-electron chi connectivity index (χ4n) is 2.63. The van der Waals surface area contributed by atoms with Crippen LogP contribution in [-0.2, 0) is 0 Å². The van der Waals surface area contributed by atoms with E-state index in [1.54, 1.807) is 0 Å². The molecule has 0 fully saturated rings. The summed E-state index contributed by atoms with van der Waals surface area (Å²) in [5, 5.41) is 0. The quantitative estimate of drug-likeness (QED) is 0.442. The third kappa shape index (κ3) is 5.38. The van der Waals surface area contributed by atoms with Gasteiger partial charge in [0.15, 0.2) is 0 Å². The van der Waals surface area contributed by atoms with Crippen molar-refractivity contribution in [2.24, 2.45) is 0 Å². The van der Waals surface area contributed by atoms with E-state index in [2.05, 4.69) is 55.8 Å². The van der Waals surface area contributed by atoms with Crippen LogP contribution < -0.4 is 0 Å². The predicted molar refractivity (Wildman–Crippen MR) is 84.8 cm³/mol. The lowest BCUT2D eigenvalue weighted by Crippen LogP contribution is -2.40. The first-order valence-electron chi connectivity index (χ1n) is 8.29. The summed E-state index contributed by atoms with van der Waals surface area (Å²) < 4.78 is 2.53. The van der Waals surface area contributed by atoms with E-state index in [9.17, 15) is 0 Å². The summed E-state index contributed by atoms with van der Waals surface area (Å²) in [6.07, 6.45) is 16.2. The summed E-state index contributed by atoms with van der Waals surface area (Å²) in [5.41, 5.74) is 0. The van der Waals surface area contributed by atoms with Crippen LogP contribution in [0.2, 0.25) is 0 Å². The van der Waals surface area contributed by atoms with Gasteiger partial charge in [-0.2, -0.15) is 0 Å². The molecule has 1 rings (SSSR count). The molecule has 0 aromatic rings. The van der Waals surface area contributed by atoms with Crippen LogP contribution in [0.5, 0.6) is 0 Å². The van der Waals surface area contributed by atoms with Crippen LogP contribution in [0.25, 0.3) is 0 Å². The number of nitrogens with zero attached hydrogens (tertiary/aromatic N) is 2. The zero-order valence-electron chi connectivity index (χ0n) is 13.4. The van der Waals surface area contributed by atoms with Crippen molar-refractivity contribution in [3.63, 3.8) is 0 Å². The van der Waals surface area contributed by atoms with E-state index in [-0.39, 0.29) is 0 Å². The van der Waals surface area contributed by atoms with Gasteiger partial charge in [0, 0.05) is 0 Å². The molecule has 0 radical (unpaired) electrons. The first-order chi connectivity index (χ1) is 9.22. The molecule has 1 aliphatic rings. The van der Waals surface area contributed by atoms with E-state index in [1.807, 2.05) is 0 Å². The first kappa shape index (κ1) is 16.3. The van der Waals surface area contributed by atoms with Crippen molar-refractivity contribution in [1.82, 2.24) is 4.90 Å². The van der Waals surface area contributed by atoms with Crippen molar-refractivity contribution >= 4 is 6.34 Å². The smallest absolute Gasteiger partial charge is 0.239 e. The van der Waals surface area contributed by atoms with Crippen LogP contribution in [0, 0.1) is 0 Å². The second kappa shape index (κ2) is 9.17. The van der Waals surface area contributed by atoms with Gasteiger partial charge in [-0.05, 0) is 38.7 Å². The Morgan fingerprint density at radius 3 is 2.47 bits per heavy atom. The van der Waals surface area contributed by atoms with Crippen LogP contribution in [0.3, 0.4) is 0 Å². The molecule has 2 unspecified atom stereocenters. The van der Waals surface area contributed by atoms with Gasteiger partial charge >= 0.3 is 0 Å². The molecule has 0 N–H and O–H groups in total. The molecular weight excluding hydrogens is 232 g/mol. The standard InChI is InChI=1S/C17H33N2/c1-5-8-9-10-11-13-18-14-12-17(7-3)19(15-18)16(4)6-2/h12,14-17H,5-11,13H2,1-4H3/q+1. The van der Waals surface area contributed by atoms with Crippen LogP contribution in [0.15, 0.2) is 12.3 Å². The molecule has 2 atom stereocenters. The van der Waals surface area contributed by atoms with Crippen LogP contribution in [-0.4, -0.2) is 34.4 Å². The zero-order chi connectivity index (χ0) is 14.1. The fourth-order valence-corrected chi connectivity index (χ4v) is 2.63. The zero-order valence-corrected chi connectivity index (χ0v) is 13.4. The Morgan fingerprint density at radius 2 is 1.84 bits per heavy atom. The van der Waals surface area contributed by atoms with Crippen LogP contribution in [0.4, 0.5) is 0 Å². The highest BCUT2D eigenvalue weighted by atomic mass is 15.2. The Labute approximate surface area is 120 Å². The molecule has 0 spiro atoms. The molecule has 2 nitrogen and oxygen atoms in total. The third-order valence-electron chi connectivity index (χ3n) is 4.20. The maximum absolute atomic E-state index is 2.53. The summed E-state index contributed by atoms with van der Waals surface area (Å²) in [6, 6.07) is 1.23. The largest absolute Gasteiger partial charge is 0.259 e. The Bertz CT molecular complexity index is 294. The highest BCUT2D eigenvalue weighted by molar-refractivity contribution is 5.52. The summed E-state index contributed by atoms with van der Waals surface area (Å²) in [5.74, 6) is 0. The summed E-state index contributed by atoms with van der Waals surface area (Å²) in [7, 11) is 0. The van der Waals surface area contributed by atoms with E-state index in [0.29, 0.717) is 12.1 Å². The lowest BCUT2D eigenvalue weighted by molar-refractivity contribution is -0.589. The van der Waals surface area contributed by atoms with Crippen molar-refractivity contribution in [3.8, 4) is 0 Å². The second-order valence-corrected chi connectivity index (χ2v) is 5.79. The Kier molecular flexibility index (Phi) is 7.85. The minimum absolute atomic E-state index is 0.589. The van der Waals surface area contributed by atoms with Gasteiger partial charge < -0.3 is 0 Å². The average molecular weight is 265 g/mol. The van der Waals surface area contributed by atoms with Gasteiger partial charge in [0.05, 0.1) is 18.8 Å². The van der Waals surface area contributed by atoms with E-state index >= 15 is 0 Å². The second-order valence-electron chi connectivity index (χ2n) is 5.79. The lowest BCUT2D eigenvalue weighted by Gasteiger charge is -2.25. The minimum atomic E-state index is 0.589. The molecule has 0 aromatic carbocycles. The van der Waals surface area contributed by atoms with Crippen LogP contribution in [0.1, 0.15) is 72.6 Å². The molecule has 0 bridgehead atoms. The molecule has 0 amide bonds. The topological polar surface area (TPSA) is 6.25 Å². The molecule has 0 saturated carbocycles. The highest BCUT2D eigenvalue weighted by Crippen LogP contribution is 2.12. The predicted octanol–water partition coefficient (Wildman–Crippen LogP) is 4.40. The number of unbranched alkanes of at least 4 members (excludes halogenated alkanes) is 4. The molecule has 1 heterocycles. The third-order valence-corrected chi connectivity index (χ3v) is 4.20. The molecule has 1 aliphatic heterocycles. The van der Waals surface area contributed by atoms with E-state index in [1.165, 1.54) is 51.5 Å². The number of rotatable bonds is 9. The first-order valence-corrected chi connectivity index (χ1v) is 8.29. The fraction of sp³-hybridized carbons (Fsp3) is 0.824. The number of hydrogen-bond acceptors (Lipinski definition) is 1. The van der Waals surface area contributed by atoms with E-state index < -0.39 is 0 Å². The van der Waals surface area contributed by atoms with Crippen molar-refractivity contribution in [1.29, 1.82) is 0 Å². The SMILES string of the molecule is CCCCCCCN1C=CC(CC)[N+](C(C)CC)=C1. The van der Waals surface area contributed by atoms with Gasteiger partial charge in [0.2, 0.25) is 6.34 Å². The maximum Gasteiger partial charge on any atom is 0.239 e.